The zero-order valence-corrected chi connectivity index (χ0v) is 33.2. The molecule has 294 valence electrons. The number of nitrogens with zero attached hydrogens (tertiary/aromatic N) is 4. The predicted molar refractivity (Wildman–Crippen MR) is 206 cm³/mol. The number of methoxy groups -OCH3 is 1. The van der Waals surface area contributed by atoms with Crippen LogP contribution in [0.5, 0.6) is 5.75 Å². The van der Waals surface area contributed by atoms with E-state index in [1.54, 1.807) is 33.3 Å². The Hall–Kier alpha value is -4.61. The second kappa shape index (κ2) is 17.2. The zero-order chi connectivity index (χ0) is 39.2. The lowest BCUT2D eigenvalue weighted by atomic mass is 9.89. The summed E-state index contributed by atoms with van der Waals surface area (Å²) in [5.41, 5.74) is 2.01. The number of amides is 3. The molecule has 0 radical (unpaired) electrons. The maximum Gasteiger partial charge on any atom is 0.410 e. The highest BCUT2D eigenvalue weighted by atomic mass is 16.6. The van der Waals surface area contributed by atoms with Crippen LogP contribution >= 0.6 is 0 Å². The zero-order valence-electron chi connectivity index (χ0n) is 33.2. The number of hydrogen-bond acceptors (Lipinski definition) is 8. The molecule has 0 bridgehead atoms. The van der Waals surface area contributed by atoms with Crippen LogP contribution < -0.4 is 10.4 Å². The van der Waals surface area contributed by atoms with E-state index in [0.717, 1.165) is 61.6 Å². The highest BCUT2D eigenvalue weighted by Gasteiger charge is 2.38. The number of benzene rings is 2. The van der Waals surface area contributed by atoms with Crippen LogP contribution in [0.2, 0.25) is 0 Å². The van der Waals surface area contributed by atoms with Crippen LogP contribution in [0.15, 0.2) is 47.3 Å². The van der Waals surface area contributed by atoms with Crippen molar-refractivity contribution in [1.29, 1.82) is 0 Å². The molecule has 3 aromatic rings. The first-order chi connectivity index (χ1) is 25.5. The molecule has 1 aromatic heterocycles. The largest absolute Gasteiger partial charge is 0.497 e. The predicted octanol–water partition coefficient (Wildman–Crippen LogP) is 7.50. The number of aryl methyl sites for hydroxylation is 1. The van der Waals surface area contributed by atoms with Crippen molar-refractivity contribution in [3.8, 4) is 5.75 Å². The van der Waals surface area contributed by atoms with Crippen molar-refractivity contribution < 1.29 is 33.4 Å². The molecular formula is C42H58N4O8. The molecule has 3 amide bonds. The summed E-state index contributed by atoms with van der Waals surface area (Å²) in [6.07, 6.45) is 6.21. The number of aromatic nitrogens is 2. The van der Waals surface area contributed by atoms with Crippen molar-refractivity contribution in [3.63, 3.8) is 0 Å². The van der Waals surface area contributed by atoms with Gasteiger partial charge >= 0.3 is 17.8 Å². The number of likely N-dealkylation sites (tertiary alicyclic amines) is 2. The van der Waals surface area contributed by atoms with E-state index in [9.17, 15) is 24.0 Å². The molecule has 0 aliphatic carbocycles. The lowest BCUT2D eigenvalue weighted by Crippen LogP contribution is -2.47. The summed E-state index contributed by atoms with van der Waals surface area (Å²) in [6, 6.07) is 12.5. The Balaban J connectivity index is 1.35. The number of imidazole rings is 1. The van der Waals surface area contributed by atoms with Gasteiger partial charge in [-0.15, -0.1) is 0 Å². The van der Waals surface area contributed by atoms with Gasteiger partial charge < -0.3 is 19.1 Å². The van der Waals surface area contributed by atoms with E-state index in [2.05, 4.69) is 6.07 Å². The van der Waals surface area contributed by atoms with Gasteiger partial charge in [-0.05, 0) is 115 Å². The van der Waals surface area contributed by atoms with Crippen LogP contribution in [0.3, 0.4) is 0 Å². The molecule has 0 N–H and O–H groups in total. The summed E-state index contributed by atoms with van der Waals surface area (Å²) in [7, 11) is 1.58. The molecule has 2 fully saturated rings. The first-order valence-electron chi connectivity index (χ1n) is 19.5. The van der Waals surface area contributed by atoms with Crippen LogP contribution in [0.4, 0.5) is 4.79 Å². The van der Waals surface area contributed by atoms with E-state index in [0.29, 0.717) is 37.3 Å². The molecule has 2 aliphatic heterocycles. The topological polar surface area (TPSA) is 129 Å². The molecule has 1 atom stereocenters. The molecule has 2 aromatic carbocycles. The van der Waals surface area contributed by atoms with Crippen LogP contribution in [0.1, 0.15) is 129 Å². The summed E-state index contributed by atoms with van der Waals surface area (Å²) in [5.74, 6) is 0.0527. The Kier molecular flexibility index (Phi) is 13.0. The molecule has 3 heterocycles. The van der Waals surface area contributed by atoms with E-state index < -0.39 is 17.2 Å². The molecule has 0 spiro atoms. The number of imide groups is 1. The van der Waals surface area contributed by atoms with Crippen molar-refractivity contribution in [2.24, 2.45) is 0 Å². The number of carbonyl (C=O) groups excluding carboxylic acids is 4. The lowest BCUT2D eigenvalue weighted by Gasteiger charge is -2.33. The van der Waals surface area contributed by atoms with Crippen LogP contribution in [0, 0.1) is 0 Å². The van der Waals surface area contributed by atoms with E-state index in [4.69, 9.17) is 14.2 Å². The Labute approximate surface area is 318 Å². The maximum atomic E-state index is 14.4. The fraction of sp³-hybridized carbons (Fsp3) is 0.595. The van der Waals surface area contributed by atoms with E-state index >= 15 is 0 Å². The minimum Gasteiger partial charge on any atom is -0.497 e. The Morgan fingerprint density at radius 1 is 0.778 bits per heavy atom. The normalized spacial score (nSPS) is 17.3. The maximum absolute atomic E-state index is 14.4. The third kappa shape index (κ3) is 10.3. The summed E-state index contributed by atoms with van der Waals surface area (Å²) in [5, 5.41) is 0. The summed E-state index contributed by atoms with van der Waals surface area (Å²) in [6.45, 7) is 12.9. The SMILES string of the molecule is COc1ccc(CN2C(=O)CCC(n3c(=O)n(CCCCCCCC(=O)OC(C)(C)C)c4cc(C5CCN(C(=O)OC(C)(C)C)CC5)ccc43)C2=O)cc1. The fourth-order valence-electron chi connectivity index (χ4n) is 7.39. The van der Waals surface area contributed by atoms with Crippen molar-refractivity contribution in [2.75, 3.05) is 20.2 Å². The number of carbonyl (C=O) groups is 4. The number of rotatable bonds is 13. The van der Waals surface area contributed by atoms with Gasteiger partial charge in [0.05, 0.1) is 24.7 Å². The highest BCUT2D eigenvalue weighted by Crippen LogP contribution is 2.33. The number of ether oxygens (including phenoxy) is 3. The van der Waals surface area contributed by atoms with Gasteiger partial charge in [-0.3, -0.25) is 28.4 Å². The lowest BCUT2D eigenvalue weighted by molar-refractivity contribution is -0.155. The van der Waals surface area contributed by atoms with Gasteiger partial charge in [0, 0.05) is 32.5 Å². The Bertz CT molecular complexity index is 1860. The van der Waals surface area contributed by atoms with Crippen LogP contribution in [-0.4, -0.2) is 74.2 Å². The minimum absolute atomic E-state index is 0.117. The Morgan fingerprint density at radius 3 is 2.07 bits per heavy atom. The summed E-state index contributed by atoms with van der Waals surface area (Å²) in [4.78, 5) is 69.4. The molecule has 12 nitrogen and oxygen atoms in total. The highest BCUT2D eigenvalue weighted by molar-refractivity contribution is 6.00. The molecule has 2 aliphatic rings. The number of esters is 1. The molecular weight excluding hydrogens is 688 g/mol. The first kappa shape index (κ1) is 40.6. The van der Waals surface area contributed by atoms with Crippen molar-refractivity contribution >= 4 is 34.9 Å². The van der Waals surface area contributed by atoms with Crippen molar-refractivity contribution in [3.05, 3.63) is 64.1 Å². The standard InChI is InChI=1S/C42H58N4O8/c1-41(2,3)53-37(48)13-11-9-8-10-12-24-44-35-27-31(30-22-25-43(26-23-30)40(51)54-42(4,5)6)16-19-33(35)46(39(44)50)34-20-21-36(47)45(38(34)49)28-29-14-17-32(52-7)18-15-29/h14-19,27,30,34H,8-13,20-26,28H2,1-7H3. The van der Waals surface area contributed by atoms with Gasteiger partial charge in [0.1, 0.15) is 23.0 Å². The third-order valence-electron chi connectivity index (χ3n) is 10.1. The van der Waals surface area contributed by atoms with Gasteiger partial charge in [-0.25, -0.2) is 9.59 Å². The van der Waals surface area contributed by atoms with E-state index in [-0.39, 0.29) is 54.9 Å². The smallest absolute Gasteiger partial charge is 0.410 e. The quantitative estimate of drug-likeness (QED) is 0.1000. The summed E-state index contributed by atoms with van der Waals surface area (Å²) < 4.78 is 19.7. The third-order valence-corrected chi connectivity index (χ3v) is 10.1. The fourth-order valence-corrected chi connectivity index (χ4v) is 7.39. The number of piperidine rings is 2. The second-order valence-corrected chi connectivity index (χ2v) is 16.6. The molecule has 5 rings (SSSR count). The van der Waals surface area contributed by atoms with Gasteiger partial charge in [0.2, 0.25) is 5.91 Å². The molecule has 54 heavy (non-hydrogen) atoms. The molecule has 2 saturated heterocycles. The van der Waals surface area contributed by atoms with E-state index in [1.165, 1.54) is 4.90 Å². The average Bonchev–Trinajstić information content (AvgIpc) is 3.38. The molecule has 0 saturated carbocycles. The average molecular weight is 747 g/mol. The molecule has 12 heteroatoms. The van der Waals surface area contributed by atoms with Gasteiger partial charge in [0.25, 0.3) is 5.91 Å². The van der Waals surface area contributed by atoms with Crippen molar-refractivity contribution in [1.82, 2.24) is 18.9 Å². The number of fused-ring (bicyclic) bond motifs is 1. The number of unbranched alkanes of at least 4 members (excludes halogenated alkanes) is 4. The summed E-state index contributed by atoms with van der Waals surface area (Å²) >= 11 is 0. The van der Waals surface area contributed by atoms with Gasteiger partial charge in [-0.1, -0.05) is 37.5 Å². The van der Waals surface area contributed by atoms with Gasteiger partial charge in [0.15, 0.2) is 0 Å². The second-order valence-electron chi connectivity index (χ2n) is 16.6. The monoisotopic (exact) mass is 746 g/mol. The Morgan fingerprint density at radius 2 is 1.43 bits per heavy atom. The minimum atomic E-state index is -0.812. The molecule has 1 unspecified atom stereocenters. The number of hydrogen-bond donors (Lipinski definition) is 0. The van der Waals surface area contributed by atoms with Crippen LogP contribution in [-0.2, 0) is 36.9 Å². The first-order valence-corrected chi connectivity index (χ1v) is 19.5. The van der Waals surface area contributed by atoms with E-state index in [1.807, 2.05) is 65.8 Å². The van der Waals surface area contributed by atoms with Gasteiger partial charge in [-0.2, -0.15) is 0 Å². The van der Waals surface area contributed by atoms with Crippen molar-refractivity contribution in [2.45, 2.75) is 142 Å². The van der Waals surface area contributed by atoms with Crippen LogP contribution in [0.25, 0.3) is 11.0 Å².